The van der Waals surface area contributed by atoms with Crippen molar-refractivity contribution in [2.24, 2.45) is 0 Å². The van der Waals surface area contributed by atoms with Gasteiger partial charge in [0.05, 0.1) is 13.0 Å². The van der Waals surface area contributed by atoms with Gasteiger partial charge in [0.25, 0.3) is 0 Å². The molecular weight excluding hydrogens is 314 g/mol. The zero-order chi connectivity index (χ0) is 17.0. The predicted molar refractivity (Wildman–Crippen MR) is 91.3 cm³/mol. The Hall–Kier alpha value is -2.14. The molecule has 2 rings (SSSR count). The number of carbonyl (C=O) groups is 1. The summed E-state index contributed by atoms with van der Waals surface area (Å²) in [7, 11) is 0. The highest BCUT2D eigenvalue weighted by molar-refractivity contribution is 6.30. The normalized spacial score (nSPS) is 10.5. The van der Waals surface area contributed by atoms with Crippen LogP contribution in [-0.2, 0) is 16.0 Å². The lowest BCUT2D eigenvalue weighted by Gasteiger charge is -2.14. The minimum absolute atomic E-state index is 0.0280. The van der Waals surface area contributed by atoms with E-state index in [-0.39, 0.29) is 17.5 Å². The second-order valence-corrected chi connectivity index (χ2v) is 5.67. The number of halogens is 1. The molecule has 0 unspecified atom stereocenters. The van der Waals surface area contributed by atoms with E-state index in [0.717, 1.165) is 11.3 Å². The molecule has 0 saturated heterocycles. The Kier molecular flexibility index (Phi) is 5.55. The molecule has 0 spiro atoms. The number of carbonyl (C=O) groups excluding carboxylic acids is 1. The van der Waals surface area contributed by atoms with Crippen LogP contribution in [0.3, 0.4) is 0 Å². The Balaban J connectivity index is 2.38. The third kappa shape index (κ3) is 4.42. The van der Waals surface area contributed by atoms with E-state index in [4.69, 9.17) is 16.3 Å². The average molecular weight is 334 g/mol. The third-order valence-corrected chi connectivity index (χ3v) is 3.64. The van der Waals surface area contributed by atoms with Crippen molar-refractivity contribution >= 4 is 29.1 Å². The molecule has 23 heavy (non-hydrogen) atoms. The van der Waals surface area contributed by atoms with Gasteiger partial charge in [-0.2, -0.15) is 0 Å². The fourth-order valence-corrected chi connectivity index (χ4v) is 2.54. The summed E-state index contributed by atoms with van der Waals surface area (Å²) in [4.78, 5) is 20.3. The van der Waals surface area contributed by atoms with Crippen LogP contribution in [-0.4, -0.2) is 22.5 Å². The fourth-order valence-electron chi connectivity index (χ4n) is 2.26. The number of hydrogen-bond acceptors (Lipinski definition) is 5. The SMILES string of the molecule is CCOC(=O)Cc1c(Cl)nc(C)nc1Nc1ccc(C)cc1C. The molecule has 1 N–H and O–H groups in total. The number of aryl methyl sites for hydroxylation is 3. The van der Waals surface area contributed by atoms with Crippen molar-refractivity contribution in [1.82, 2.24) is 9.97 Å². The summed E-state index contributed by atoms with van der Waals surface area (Å²) in [5, 5.41) is 3.52. The number of nitrogens with zero attached hydrogens (tertiary/aromatic N) is 2. The molecule has 0 aliphatic carbocycles. The summed E-state index contributed by atoms with van der Waals surface area (Å²) in [5.41, 5.74) is 3.71. The number of rotatable bonds is 5. The molecule has 1 aromatic carbocycles. The van der Waals surface area contributed by atoms with Gasteiger partial charge in [-0.3, -0.25) is 4.79 Å². The van der Waals surface area contributed by atoms with Crippen LogP contribution in [0.5, 0.6) is 0 Å². The molecule has 1 heterocycles. The van der Waals surface area contributed by atoms with Crippen LogP contribution >= 0.6 is 11.6 Å². The van der Waals surface area contributed by atoms with Crippen molar-refractivity contribution in [2.75, 3.05) is 11.9 Å². The molecule has 5 nitrogen and oxygen atoms in total. The lowest BCUT2D eigenvalue weighted by molar-refractivity contribution is -0.142. The van der Waals surface area contributed by atoms with Gasteiger partial charge in [0, 0.05) is 11.3 Å². The molecule has 6 heteroatoms. The number of aromatic nitrogens is 2. The van der Waals surface area contributed by atoms with Gasteiger partial charge in [-0.05, 0) is 39.3 Å². The number of nitrogens with one attached hydrogen (secondary N) is 1. The smallest absolute Gasteiger partial charge is 0.310 e. The lowest BCUT2D eigenvalue weighted by atomic mass is 10.1. The number of benzene rings is 1. The van der Waals surface area contributed by atoms with Gasteiger partial charge in [0.15, 0.2) is 0 Å². The van der Waals surface area contributed by atoms with E-state index in [9.17, 15) is 4.79 Å². The first-order valence-electron chi connectivity index (χ1n) is 7.43. The summed E-state index contributed by atoms with van der Waals surface area (Å²) in [5.74, 6) is 0.711. The number of anilines is 2. The minimum Gasteiger partial charge on any atom is -0.466 e. The summed E-state index contributed by atoms with van der Waals surface area (Å²) in [6.07, 6.45) is 0.0280. The Morgan fingerprint density at radius 1 is 1.26 bits per heavy atom. The van der Waals surface area contributed by atoms with Crippen LogP contribution < -0.4 is 5.32 Å². The van der Waals surface area contributed by atoms with Crippen molar-refractivity contribution in [2.45, 2.75) is 34.1 Å². The molecule has 122 valence electrons. The van der Waals surface area contributed by atoms with Crippen LogP contribution in [0, 0.1) is 20.8 Å². The molecule has 2 aromatic rings. The maximum atomic E-state index is 11.8. The van der Waals surface area contributed by atoms with Gasteiger partial charge in [-0.25, -0.2) is 9.97 Å². The molecule has 0 radical (unpaired) electrons. The van der Waals surface area contributed by atoms with Crippen molar-refractivity contribution in [3.63, 3.8) is 0 Å². The van der Waals surface area contributed by atoms with Crippen molar-refractivity contribution in [1.29, 1.82) is 0 Å². The van der Waals surface area contributed by atoms with E-state index in [1.807, 2.05) is 26.0 Å². The lowest BCUT2D eigenvalue weighted by Crippen LogP contribution is -2.12. The van der Waals surface area contributed by atoms with Crippen LogP contribution in [0.15, 0.2) is 18.2 Å². The second kappa shape index (κ2) is 7.42. The van der Waals surface area contributed by atoms with Gasteiger partial charge in [0.2, 0.25) is 0 Å². The van der Waals surface area contributed by atoms with E-state index in [1.165, 1.54) is 5.56 Å². The molecule has 1 aromatic heterocycles. The van der Waals surface area contributed by atoms with Gasteiger partial charge in [-0.15, -0.1) is 0 Å². The van der Waals surface area contributed by atoms with E-state index in [2.05, 4.69) is 21.4 Å². The third-order valence-electron chi connectivity index (χ3n) is 3.33. The number of ether oxygens (including phenoxy) is 1. The monoisotopic (exact) mass is 333 g/mol. The average Bonchev–Trinajstić information content (AvgIpc) is 2.46. The standard InChI is InChI=1S/C17H20ClN3O2/c1-5-23-15(22)9-13-16(18)19-12(4)20-17(13)21-14-7-6-10(2)8-11(14)3/h6-8H,5,9H2,1-4H3,(H,19,20,21). The van der Waals surface area contributed by atoms with Crippen molar-refractivity contribution in [3.8, 4) is 0 Å². The fraction of sp³-hybridized carbons (Fsp3) is 0.353. The minimum atomic E-state index is -0.356. The van der Waals surface area contributed by atoms with Gasteiger partial charge in [0.1, 0.15) is 16.8 Å². The Morgan fingerprint density at radius 2 is 2.00 bits per heavy atom. The van der Waals surface area contributed by atoms with E-state index >= 15 is 0 Å². The Labute approximate surface area is 141 Å². The van der Waals surface area contributed by atoms with Crippen molar-refractivity contribution in [3.05, 3.63) is 45.9 Å². The molecule has 0 aliphatic heterocycles. The number of hydrogen-bond donors (Lipinski definition) is 1. The first kappa shape index (κ1) is 17.2. The van der Waals surface area contributed by atoms with E-state index < -0.39 is 0 Å². The van der Waals surface area contributed by atoms with Gasteiger partial charge in [-0.1, -0.05) is 29.3 Å². The molecule has 0 bridgehead atoms. The summed E-state index contributed by atoms with van der Waals surface area (Å²) < 4.78 is 4.99. The van der Waals surface area contributed by atoms with Crippen LogP contribution in [0.1, 0.15) is 29.4 Å². The Bertz CT molecular complexity index is 732. The Morgan fingerprint density at radius 3 is 2.65 bits per heavy atom. The highest BCUT2D eigenvalue weighted by Gasteiger charge is 2.17. The summed E-state index contributed by atoms with van der Waals surface area (Å²) >= 11 is 6.21. The van der Waals surface area contributed by atoms with Gasteiger partial charge >= 0.3 is 5.97 Å². The topological polar surface area (TPSA) is 64.1 Å². The molecular formula is C17H20ClN3O2. The molecule has 0 saturated carbocycles. The van der Waals surface area contributed by atoms with Crippen molar-refractivity contribution < 1.29 is 9.53 Å². The molecule has 0 atom stereocenters. The number of esters is 1. The van der Waals surface area contributed by atoms with Crippen LogP contribution in [0.25, 0.3) is 0 Å². The highest BCUT2D eigenvalue weighted by Crippen LogP contribution is 2.27. The largest absolute Gasteiger partial charge is 0.466 e. The second-order valence-electron chi connectivity index (χ2n) is 5.31. The van der Waals surface area contributed by atoms with E-state index in [0.29, 0.717) is 23.8 Å². The summed E-state index contributed by atoms with van der Waals surface area (Å²) in [6, 6.07) is 6.06. The molecule has 0 amide bonds. The maximum Gasteiger partial charge on any atom is 0.310 e. The van der Waals surface area contributed by atoms with Gasteiger partial charge < -0.3 is 10.1 Å². The first-order chi connectivity index (χ1) is 10.9. The maximum absolute atomic E-state index is 11.8. The highest BCUT2D eigenvalue weighted by atomic mass is 35.5. The van der Waals surface area contributed by atoms with Crippen LogP contribution in [0.2, 0.25) is 5.15 Å². The quantitative estimate of drug-likeness (QED) is 0.664. The van der Waals surface area contributed by atoms with E-state index in [1.54, 1.807) is 13.8 Å². The molecule has 0 fully saturated rings. The van der Waals surface area contributed by atoms with Crippen LogP contribution in [0.4, 0.5) is 11.5 Å². The first-order valence-corrected chi connectivity index (χ1v) is 7.81. The predicted octanol–water partition coefficient (Wildman–Crippen LogP) is 3.90. The molecule has 0 aliphatic rings. The zero-order valence-corrected chi connectivity index (χ0v) is 14.5. The summed E-state index contributed by atoms with van der Waals surface area (Å²) in [6.45, 7) is 7.89. The zero-order valence-electron chi connectivity index (χ0n) is 13.7.